The normalized spacial score (nSPS) is 13.5. The summed E-state index contributed by atoms with van der Waals surface area (Å²) in [6.07, 6.45) is -4.38. The Bertz CT molecular complexity index is 1310. The van der Waals surface area contributed by atoms with E-state index in [1.807, 2.05) is 5.38 Å². The Hall–Kier alpha value is -3.78. The van der Waals surface area contributed by atoms with Gasteiger partial charge in [-0.15, -0.1) is 11.3 Å². The lowest BCUT2D eigenvalue weighted by atomic mass is 10.1. The predicted molar refractivity (Wildman–Crippen MR) is 116 cm³/mol. The topological polar surface area (TPSA) is 50.3 Å². The summed E-state index contributed by atoms with van der Waals surface area (Å²) in [7, 11) is 0. The van der Waals surface area contributed by atoms with Gasteiger partial charge in [0, 0.05) is 16.5 Å². The van der Waals surface area contributed by atoms with E-state index in [1.54, 1.807) is 48.5 Å². The van der Waals surface area contributed by atoms with Crippen molar-refractivity contribution in [2.75, 3.05) is 4.90 Å². The van der Waals surface area contributed by atoms with Crippen LogP contribution in [0.1, 0.15) is 26.3 Å². The quantitative estimate of drug-likeness (QED) is 0.345. The second kappa shape index (κ2) is 7.42. The number of nitrogens with zero attached hydrogens (tertiary/aromatic N) is 2. The monoisotopic (exact) mass is 450 g/mol. The summed E-state index contributed by atoms with van der Waals surface area (Å²) >= 11 is 1.32. The number of benzene rings is 3. The molecule has 4 aromatic rings. The molecule has 0 fully saturated rings. The molecule has 8 heteroatoms. The van der Waals surface area contributed by atoms with Gasteiger partial charge in [-0.2, -0.15) is 13.2 Å². The molecule has 1 aliphatic rings. The van der Waals surface area contributed by atoms with Gasteiger partial charge in [-0.05, 0) is 36.4 Å². The Morgan fingerprint density at radius 3 is 1.88 bits per heavy atom. The molecule has 2 amide bonds. The molecule has 1 aliphatic heterocycles. The van der Waals surface area contributed by atoms with Crippen LogP contribution in [0.4, 0.5) is 18.9 Å². The number of halogens is 3. The Morgan fingerprint density at radius 2 is 1.31 bits per heavy atom. The Balaban J connectivity index is 1.38. The highest BCUT2D eigenvalue weighted by atomic mass is 32.1. The number of amides is 2. The van der Waals surface area contributed by atoms with Gasteiger partial charge < -0.3 is 0 Å². The van der Waals surface area contributed by atoms with Crippen LogP contribution in [0.3, 0.4) is 0 Å². The number of hydrogen-bond donors (Lipinski definition) is 0. The van der Waals surface area contributed by atoms with Crippen LogP contribution in [0.5, 0.6) is 0 Å². The van der Waals surface area contributed by atoms with Crippen molar-refractivity contribution in [3.8, 4) is 21.8 Å². The van der Waals surface area contributed by atoms with Gasteiger partial charge in [0.15, 0.2) is 0 Å². The first-order valence-electron chi connectivity index (χ1n) is 9.54. The maximum Gasteiger partial charge on any atom is 0.416 e. The van der Waals surface area contributed by atoms with Crippen molar-refractivity contribution in [3.63, 3.8) is 0 Å². The largest absolute Gasteiger partial charge is 0.416 e. The van der Waals surface area contributed by atoms with Gasteiger partial charge >= 0.3 is 6.18 Å². The first-order valence-corrected chi connectivity index (χ1v) is 10.4. The number of alkyl halides is 3. The molecule has 0 bridgehead atoms. The molecule has 0 spiro atoms. The second-order valence-corrected chi connectivity index (χ2v) is 8.01. The van der Waals surface area contributed by atoms with Gasteiger partial charge in [-0.3, -0.25) is 9.59 Å². The highest BCUT2D eigenvalue weighted by Crippen LogP contribution is 2.34. The van der Waals surface area contributed by atoms with E-state index < -0.39 is 11.7 Å². The fourth-order valence-corrected chi connectivity index (χ4v) is 4.38. The van der Waals surface area contributed by atoms with E-state index in [4.69, 9.17) is 0 Å². The third-order valence-corrected chi connectivity index (χ3v) is 6.07. The van der Waals surface area contributed by atoms with Crippen LogP contribution in [0, 0.1) is 0 Å². The van der Waals surface area contributed by atoms with E-state index in [0.29, 0.717) is 33.1 Å². The molecule has 0 atom stereocenters. The average Bonchev–Trinajstić information content (AvgIpc) is 3.38. The third kappa shape index (κ3) is 3.38. The standard InChI is InChI=1S/C24H13F3N2O2S/c25-24(26,27)16-9-5-15(6-10-16)21-28-20(13-32-21)14-7-11-17(12-8-14)29-22(30)18-3-1-2-4-19(18)23(29)31/h1-13H. The van der Waals surface area contributed by atoms with Crippen LogP contribution in [0.25, 0.3) is 21.8 Å². The maximum atomic E-state index is 12.8. The molecule has 4 nitrogen and oxygen atoms in total. The smallest absolute Gasteiger partial charge is 0.268 e. The Morgan fingerprint density at radius 1 is 0.750 bits per heavy atom. The zero-order valence-electron chi connectivity index (χ0n) is 16.3. The lowest BCUT2D eigenvalue weighted by Gasteiger charge is -2.14. The molecule has 0 radical (unpaired) electrons. The molecule has 3 aromatic carbocycles. The van der Waals surface area contributed by atoms with Crippen molar-refractivity contribution < 1.29 is 22.8 Å². The number of carbonyl (C=O) groups is 2. The molecule has 2 heterocycles. The van der Waals surface area contributed by atoms with Crippen molar-refractivity contribution in [1.29, 1.82) is 0 Å². The number of imide groups is 1. The Kier molecular flexibility index (Phi) is 4.67. The molecule has 0 saturated carbocycles. The SMILES string of the molecule is O=C1c2ccccc2C(=O)N1c1ccc(-c2csc(-c3ccc(C(F)(F)F)cc3)n2)cc1. The van der Waals surface area contributed by atoms with Crippen molar-refractivity contribution >= 4 is 28.8 Å². The molecular formula is C24H13F3N2O2S. The number of rotatable bonds is 3. The lowest BCUT2D eigenvalue weighted by Crippen LogP contribution is -2.29. The summed E-state index contributed by atoms with van der Waals surface area (Å²) in [5.74, 6) is -0.729. The lowest BCUT2D eigenvalue weighted by molar-refractivity contribution is -0.137. The number of thiazole rings is 1. The van der Waals surface area contributed by atoms with Gasteiger partial charge in [0.2, 0.25) is 0 Å². The summed E-state index contributed by atoms with van der Waals surface area (Å²) in [6, 6.07) is 18.4. The summed E-state index contributed by atoms with van der Waals surface area (Å²) in [5.41, 5.74) is 2.51. The minimum absolute atomic E-state index is 0.364. The van der Waals surface area contributed by atoms with Gasteiger partial charge in [-0.1, -0.05) is 36.4 Å². The van der Waals surface area contributed by atoms with E-state index in [2.05, 4.69) is 4.98 Å². The molecule has 0 aliphatic carbocycles. The second-order valence-electron chi connectivity index (χ2n) is 7.15. The minimum Gasteiger partial charge on any atom is -0.268 e. The Labute approximate surface area is 184 Å². The van der Waals surface area contributed by atoms with Crippen LogP contribution in [-0.2, 0) is 6.18 Å². The summed E-state index contributed by atoms with van der Waals surface area (Å²) in [5, 5.41) is 2.41. The molecule has 1 aromatic heterocycles. The van der Waals surface area contributed by atoms with E-state index in [0.717, 1.165) is 22.6 Å². The molecule has 0 saturated heterocycles. The fourth-order valence-electron chi connectivity index (χ4n) is 3.55. The van der Waals surface area contributed by atoms with Crippen LogP contribution >= 0.6 is 11.3 Å². The fraction of sp³-hybridized carbons (Fsp3) is 0.0417. The number of anilines is 1. The van der Waals surface area contributed by atoms with Gasteiger partial charge in [0.05, 0.1) is 28.1 Å². The van der Waals surface area contributed by atoms with Crippen LogP contribution < -0.4 is 4.90 Å². The van der Waals surface area contributed by atoms with Crippen molar-refractivity contribution in [1.82, 2.24) is 4.98 Å². The third-order valence-electron chi connectivity index (χ3n) is 5.18. The first-order chi connectivity index (χ1) is 15.3. The molecular weight excluding hydrogens is 437 g/mol. The molecule has 158 valence electrons. The summed E-state index contributed by atoms with van der Waals surface area (Å²) in [4.78, 5) is 30.9. The maximum absolute atomic E-state index is 12.8. The molecule has 5 rings (SSSR count). The van der Waals surface area contributed by atoms with Crippen LogP contribution in [0.2, 0.25) is 0 Å². The van der Waals surface area contributed by atoms with Crippen molar-refractivity contribution in [2.45, 2.75) is 6.18 Å². The van der Waals surface area contributed by atoms with Gasteiger partial charge in [0.1, 0.15) is 5.01 Å². The van der Waals surface area contributed by atoms with Crippen molar-refractivity contribution in [3.05, 3.63) is 94.9 Å². The molecule has 0 unspecified atom stereocenters. The van der Waals surface area contributed by atoms with Crippen LogP contribution in [0.15, 0.2) is 78.2 Å². The van der Waals surface area contributed by atoms with Gasteiger partial charge in [-0.25, -0.2) is 9.88 Å². The number of hydrogen-bond acceptors (Lipinski definition) is 4. The van der Waals surface area contributed by atoms with E-state index in [9.17, 15) is 22.8 Å². The van der Waals surface area contributed by atoms with E-state index in [-0.39, 0.29) is 11.8 Å². The summed E-state index contributed by atoms with van der Waals surface area (Å²) in [6.45, 7) is 0. The minimum atomic E-state index is -4.38. The van der Waals surface area contributed by atoms with Crippen LogP contribution in [-0.4, -0.2) is 16.8 Å². The first kappa shape index (κ1) is 20.1. The van der Waals surface area contributed by atoms with E-state index in [1.165, 1.54) is 23.5 Å². The van der Waals surface area contributed by atoms with Crippen molar-refractivity contribution in [2.24, 2.45) is 0 Å². The number of carbonyl (C=O) groups excluding carboxylic acids is 2. The zero-order chi connectivity index (χ0) is 22.5. The summed E-state index contributed by atoms with van der Waals surface area (Å²) < 4.78 is 38.3. The molecule has 0 N–H and O–H groups in total. The molecule has 32 heavy (non-hydrogen) atoms. The predicted octanol–water partition coefficient (Wildman–Crippen LogP) is 6.30. The van der Waals surface area contributed by atoms with E-state index >= 15 is 0 Å². The number of fused-ring (bicyclic) bond motifs is 1. The highest BCUT2D eigenvalue weighted by molar-refractivity contribution is 7.13. The highest BCUT2D eigenvalue weighted by Gasteiger charge is 2.36. The average molecular weight is 450 g/mol. The zero-order valence-corrected chi connectivity index (χ0v) is 17.1. The van der Waals surface area contributed by atoms with Gasteiger partial charge in [0.25, 0.3) is 11.8 Å². The number of aromatic nitrogens is 1.